The van der Waals surface area contributed by atoms with Crippen molar-refractivity contribution in [3.05, 3.63) is 71.1 Å². The Labute approximate surface area is 180 Å². The van der Waals surface area contributed by atoms with E-state index in [0.717, 1.165) is 16.0 Å². The molecule has 3 rings (SSSR count). The average molecular weight is 445 g/mol. The second kappa shape index (κ2) is 9.66. The van der Waals surface area contributed by atoms with Crippen molar-refractivity contribution in [2.75, 3.05) is 18.0 Å². The van der Waals surface area contributed by atoms with E-state index in [-0.39, 0.29) is 17.1 Å². The minimum Gasteiger partial charge on any atom is -0.468 e. The Morgan fingerprint density at radius 2 is 1.80 bits per heavy atom. The molecular weight excluding hydrogens is 424 g/mol. The number of aryl methyl sites for hydroxylation is 1. The van der Waals surface area contributed by atoms with Crippen molar-refractivity contribution in [3.8, 4) is 10.4 Å². The molecule has 1 unspecified atom stereocenters. The topological polar surface area (TPSA) is 95.9 Å². The number of esters is 1. The molecule has 2 aromatic carbocycles. The summed E-state index contributed by atoms with van der Waals surface area (Å²) in [7, 11) is 1.23. The number of methoxy groups -OCH3 is 1. The summed E-state index contributed by atoms with van der Waals surface area (Å²) in [4.78, 5) is 25.2. The van der Waals surface area contributed by atoms with Crippen molar-refractivity contribution >= 4 is 45.9 Å². The zero-order valence-electron chi connectivity index (χ0n) is 16.3. The summed E-state index contributed by atoms with van der Waals surface area (Å²) >= 11 is -1.26. The Balaban J connectivity index is 2.08. The fourth-order valence-corrected chi connectivity index (χ4v) is 4.47. The molecule has 0 saturated carbocycles. The average Bonchev–Trinajstić information content (AvgIpc) is 3.18. The first-order valence-corrected chi connectivity index (χ1v) is 10.8. The Morgan fingerprint density at radius 1 is 1.13 bits per heavy atom. The highest BCUT2D eigenvalue weighted by Crippen LogP contribution is 2.40. The van der Waals surface area contributed by atoms with Crippen LogP contribution in [-0.4, -0.2) is 34.3 Å². The summed E-state index contributed by atoms with van der Waals surface area (Å²) in [6.45, 7) is 1.61. The minimum absolute atomic E-state index is 0.209. The van der Waals surface area contributed by atoms with E-state index in [1.54, 1.807) is 18.2 Å². The van der Waals surface area contributed by atoms with Crippen molar-refractivity contribution in [1.82, 2.24) is 5.32 Å². The first-order valence-electron chi connectivity index (χ1n) is 8.92. The SMILES string of the molecule is COC(=O)CNC(=O)c1sc(-c2ccccc2)cc1N(c1ccc(C)cc1)S(=O)O. The second-order valence-electron chi connectivity index (χ2n) is 6.31. The molecule has 3 aromatic rings. The van der Waals surface area contributed by atoms with Gasteiger partial charge in [0.05, 0.1) is 18.5 Å². The van der Waals surface area contributed by atoms with Crippen molar-refractivity contribution in [2.45, 2.75) is 6.92 Å². The van der Waals surface area contributed by atoms with E-state index >= 15 is 0 Å². The lowest BCUT2D eigenvalue weighted by Crippen LogP contribution is -2.31. The van der Waals surface area contributed by atoms with E-state index < -0.39 is 23.1 Å². The molecule has 30 heavy (non-hydrogen) atoms. The van der Waals surface area contributed by atoms with Crippen LogP contribution in [0.3, 0.4) is 0 Å². The van der Waals surface area contributed by atoms with Gasteiger partial charge in [-0.25, -0.2) is 8.51 Å². The van der Waals surface area contributed by atoms with Crippen molar-refractivity contribution in [1.29, 1.82) is 0 Å². The van der Waals surface area contributed by atoms with Crippen LogP contribution in [0.15, 0.2) is 60.7 Å². The molecule has 1 atom stereocenters. The molecule has 0 spiro atoms. The summed E-state index contributed by atoms with van der Waals surface area (Å²) in [5.74, 6) is -1.13. The summed E-state index contributed by atoms with van der Waals surface area (Å²) < 4.78 is 28.0. The van der Waals surface area contributed by atoms with E-state index in [2.05, 4.69) is 10.1 Å². The quantitative estimate of drug-likeness (QED) is 0.426. The Hall–Kier alpha value is -3.01. The third-order valence-corrected chi connectivity index (χ3v) is 6.13. The fraction of sp³-hybridized carbons (Fsp3) is 0.143. The summed E-state index contributed by atoms with van der Waals surface area (Å²) in [6, 6.07) is 18.1. The van der Waals surface area contributed by atoms with Gasteiger partial charge in [0.15, 0.2) is 0 Å². The third-order valence-electron chi connectivity index (χ3n) is 4.24. The van der Waals surface area contributed by atoms with Gasteiger partial charge in [0.2, 0.25) is 0 Å². The summed E-state index contributed by atoms with van der Waals surface area (Å²) in [5, 5.41) is 2.50. The van der Waals surface area contributed by atoms with Crippen LogP contribution in [0.25, 0.3) is 10.4 Å². The number of nitrogens with one attached hydrogen (secondary N) is 1. The lowest BCUT2D eigenvalue weighted by molar-refractivity contribution is -0.139. The number of nitrogens with zero attached hydrogens (tertiary/aromatic N) is 1. The van der Waals surface area contributed by atoms with Crippen LogP contribution in [0, 0.1) is 6.92 Å². The summed E-state index contributed by atoms with van der Waals surface area (Å²) in [5.41, 5.74) is 2.59. The molecule has 0 aliphatic rings. The monoisotopic (exact) mass is 444 g/mol. The van der Waals surface area contributed by atoms with Crippen LogP contribution in [0.4, 0.5) is 11.4 Å². The van der Waals surface area contributed by atoms with Crippen LogP contribution in [0.5, 0.6) is 0 Å². The molecule has 7 nitrogen and oxygen atoms in total. The molecule has 0 radical (unpaired) electrons. The molecule has 0 aliphatic carbocycles. The number of carbonyl (C=O) groups excluding carboxylic acids is 2. The number of amides is 1. The molecule has 0 bridgehead atoms. The number of rotatable bonds is 7. The fourth-order valence-electron chi connectivity index (χ4n) is 2.74. The third kappa shape index (κ3) is 4.93. The Bertz CT molecular complexity index is 1060. The first kappa shape index (κ1) is 21.7. The lowest BCUT2D eigenvalue weighted by atomic mass is 10.2. The number of thiophene rings is 1. The zero-order chi connectivity index (χ0) is 21.7. The van der Waals surface area contributed by atoms with E-state index in [9.17, 15) is 18.4 Å². The maximum absolute atomic E-state index is 12.8. The maximum Gasteiger partial charge on any atom is 0.325 e. The van der Waals surface area contributed by atoms with E-state index in [1.807, 2.05) is 49.4 Å². The van der Waals surface area contributed by atoms with Gasteiger partial charge in [0, 0.05) is 4.88 Å². The van der Waals surface area contributed by atoms with Crippen molar-refractivity contribution < 1.29 is 23.1 Å². The van der Waals surface area contributed by atoms with E-state index in [4.69, 9.17) is 0 Å². The van der Waals surface area contributed by atoms with E-state index in [1.165, 1.54) is 22.8 Å². The highest BCUT2D eigenvalue weighted by molar-refractivity contribution is 7.81. The number of carbonyl (C=O) groups is 2. The lowest BCUT2D eigenvalue weighted by Gasteiger charge is -2.20. The van der Waals surface area contributed by atoms with E-state index in [0.29, 0.717) is 5.69 Å². The minimum atomic E-state index is -2.43. The molecule has 9 heteroatoms. The summed E-state index contributed by atoms with van der Waals surface area (Å²) in [6.07, 6.45) is 0. The number of hydrogen-bond acceptors (Lipinski definition) is 5. The van der Waals surface area contributed by atoms with Gasteiger partial charge >= 0.3 is 5.97 Å². The number of hydrogen-bond donors (Lipinski definition) is 2. The predicted molar refractivity (Wildman–Crippen MR) is 118 cm³/mol. The van der Waals surface area contributed by atoms with Crippen LogP contribution in [0.2, 0.25) is 0 Å². The number of ether oxygens (including phenoxy) is 1. The molecule has 156 valence electrons. The second-order valence-corrected chi connectivity index (χ2v) is 8.19. The van der Waals surface area contributed by atoms with Crippen molar-refractivity contribution in [2.24, 2.45) is 0 Å². The predicted octanol–water partition coefficient (Wildman–Crippen LogP) is 3.90. The van der Waals surface area contributed by atoms with Gasteiger partial charge in [-0.05, 0) is 30.7 Å². The van der Waals surface area contributed by atoms with Gasteiger partial charge < -0.3 is 10.1 Å². The Morgan fingerprint density at radius 3 is 2.40 bits per heavy atom. The van der Waals surface area contributed by atoms with Gasteiger partial charge in [-0.3, -0.25) is 14.1 Å². The largest absolute Gasteiger partial charge is 0.468 e. The van der Waals surface area contributed by atoms with Crippen LogP contribution >= 0.6 is 11.3 Å². The number of benzene rings is 2. The molecule has 0 fully saturated rings. The highest BCUT2D eigenvalue weighted by Gasteiger charge is 2.26. The van der Waals surface area contributed by atoms with Gasteiger partial charge in [-0.2, -0.15) is 0 Å². The first-order chi connectivity index (χ1) is 14.4. The Kier molecular flexibility index (Phi) is 6.99. The molecular formula is C21H20N2O5S2. The van der Waals surface area contributed by atoms with Gasteiger partial charge in [0.25, 0.3) is 17.2 Å². The molecule has 2 N–H and O–H groups in total. The van der Waals surface area contributed by atoms with Crippen LogP contribution < -0.4 is 9.62 Å². The zero-order valence-corrected chi connectivity index (χ0v) is 18.0. The molecule has 1 aromatic heterocycles. The van der Waals surface area contributed by atoms with Crippen LogP contribution in [-0.2, 0) is 20.8 Å². The molecule has 1 heterocycles. The normalized spacial score (nSPS) is 11.6. The van der Waals surface area contributed by atoms with Gasteiger partial charge in [0.1, 0.15) is 11.4 Å². The number of anilines is 2. The maximum atomic E-state index is 12.8. The molecule has 1 amide bonds. The molecule has 0 saturated heterocycles. The van der Waals surface area contributed by atoms with Crippen LogP contribution in [0.1, 0.15) is 15.2 Å². The van der Waals surface area contributed by atoms with Gasteiger partial charge in [-0.1, -0.05) is 48.0 Å². The van der Waals surface area contributed by atoms with Crippen molar-refractivity contribution in [3.63, 3.8) is 0 Å². The highest BCUT2D eigenvalue weighted by atomic mass is 32.2. The standard InChI is InChI=1S/C21H20N2O5S2/c1-14-8-10-16(11-9-14)23(30(26)27)17-12-18(15-6-4-3-5-7-15)29-20(17)21(25)22-13-19(24)28-2/h3-12H,13H2,1-2H3,(H,22,25)(H,26,27). The van der Waals surface area contributed by atoms with Gasteiger partial charge in [-0.15, -0.1) is 11.3 Å². The smallest absolute Gasteiger partial charge is 0.325 e. The molecule has 0 aliphatic heterocycles.